The summed E-state index contributed by atoms with van der Waals surface area (Å²) in [6.07, 6.45) is 2.03. The third-order valence-electron chi connectivity index (χ3n) is 3.30. The molecule has 2 heteroatoms. The topological polar surface area (TPSA) is 31.6 Å². The first-order valence-corrected chi connectivity index (χ1v) is 5.98. The number of H-pyrrole nitrogens is 2. The first-order valence-electron chi connectivity index (χ1n) is 5.98. The summed E-state index contributed by atoms with van der Waals surface area (Å²) >= 11 is 0. The van der Waals surface area contributed by atoms with Crippen LogP contribution in [-0.4, -0.2) is 9.97 Å². The minimum absolute atomic E-state index is 1.04. The van der Waals surface area contributed by atoms with Gasteiger partial charge in [0.05, 0.1) is 5.69 Å². The van der Waals surface area contributed by atoms with Crippen LogP contribution >= 0.6 is 0 Å². The van der Waals surface area contributed by atoms with Crippen molar-refractivity contribution >= 4 is 21.8 Å². The van der Waals surface area contributed by atoms with Gasteiger partial charge in [-0.25, -0.2) is 0 Å². The quantitative estimate of drug-likeness (QED) is 0.494. The highest BCUT2D eigenvalue weighted by Crippen LogP contribution is 2.29. The number of hydrogen-bond donors (Lipinski definition) is 2. The summed E-state index contributed by atoms with van der Waals surface area (Å²) in [6.45, 7) is 0. The molecular formula is C16H11N2. The number of hydrogen-bond acceptors (Lipinski definition) is 0. The Morgan fingerprint density at radius 1 is 0.833 bits per heavy atom. The van der Waals surface area contributed by atoms with Crippen molar-refractivity contribution in [1.82, 2.24) is 9.97 Å². The summed E-state index contributed by atoms with van der Waals surface area (Å²) < 4.78 is 0. The molecule has 2 nitrogen and oxygen atoms in total. The van der Waals surface area contributed by atoms with E-state index in [1.165, 1.54) is 10.9 Å². The summed E-state index contributed by atoms with van der Waals surface area (Å²) in [5, 5.41) is 2.35. The molecule has 4 aromatic rings. The van der Waals surface area contributed by atoms with Crippen LogP contribution in [0.25, 0.3) is 33.1 Å². The molecule has 0 unspecified atom stereocenters. The molecule has 0 spiro atoms. The van der Waals surface area contributed by atoms with Crippen molar-refractivity contribution < 1.29 is 0 Å². The minimum atomic E-state index is 1.04. The van der Waals surface area contributed by atoms with Crippen LogP contribution in [0.1, 0.15) is 0 Å². The van der Waals surface area contributed by atoms with E-state index in [1.807, 2.05) is 24.4 Å². The summed E-state index contributed by atoms with van der Waals surface area (Å²) in [7, 11) is 0. The maximum atomic E-state index is 3.41. The van der Waals surface area contributed by atoms with Crippen molar-refractivity contribution in [1.29, 1.82) is 0 Å². The van der Waals surface area contributed by atoms with Gasteiger partial charge in [0.25, 0.3) is 0 Å². The first kappa shape index (κ1) is 9.54. The van der Waals surface area contributed by atoms with Crippen molar-refractivity contribution in [2.24, 2.45) is 0 Å². The fraction of sp³-hybridized carbons (Fsp3) is 0. The molecular weight excluding hydrogens is 220 g/mol. The van der Waals surface area contributed by atoms with Gasteiger partial charge in [0.1, 0.15) is 0 Å². The highest BCUT2D eigenvalue weighted by atomic mass is 14.7. The number of rotatable bonds is 1. The molecule has 0 aliphatic carbocycles. The number of benzene rings is 2. The summed E-state index contributed by atoms with van der Waals surface area (Å²) in [6, 6.07) is 19.9. The normalized spacial score (nSPS) is 11.3. The number of fused-ring (bicyclic) bond motifs is 2. The van der Waals surface area contributed by atoms with Crippen LogP contribution in [0.2, 0.25) is 0 Å². The third-order valence-corrected chi connectivity index (χ3v) is 3.30. The predicted octanol–water partition coefficient (Wildman–Crippen LogP) is 4.12. The molecule has 85 valence electrons. The predicted molar refractivity (Wildman–Crippen MR) is 74.4 cm³/mol. The molecule has 2 N–H and O–H groups in total. The van der Waals surface area contributed by atoms with E-state index in [-0.39, 0.29) is 0 Å². The van der Waals surface area contributed by atoms with Crippen molar-refractivity contribution in [2.75, 3.05) is 0 Å². The number of nitrogens with one attached hydrogen (secondary N) is 2. The average molecular weight is 231 g/mol. The van der Waals surface area contributed by atoms with Crippen molar-refractivity contribution in [3.63, 3.8) is 0 Å². The van der Waals surface area contributed by atoms with E-state index < -0.39 is 0 Å². The molecule has 4 rings (SSSR count). The van der Waals surface area contributed by atoms with Gasteiger partial charge in [0, 0.05) is 39.6 Å². The Morgan fingerprint density at radius 2 is 1.61 bits per heavy atom. The van der Waals surface area contributed by atoms with Gasteiger partial charge >= 0.3 is 0 Å². The van der Waals surface area contributed by atoms with Crippen LogP contribution in [0, 0.1) is 6.07 Å². The Morgan fingerprint density at radius 3 is 2.50 bits per heavy atom. The van der Waals surface area contributed by atoms with Crippen LogP contribution in [0.5, 0.6) is 0 Å². The fourth-order valence-corrected chi connectivity index (χ4v) is 2.41. The van der Waals surface area contributed by atoms with Gasteiger partial charge < -0.3 is 9.97 Å². The lowest BCUT2D eigenvalue weighted by Gasteiger charge is -1.94. The molecule has 18 heavy (non-hydrogen) atoms. The zero-order valence-electron chi connectivity index (χ0n) is 9.70. The maximum Gasteiger partial charge on any atom is 0.0567 e. The lowest BCUT2D eigenvalue weighted by molar-refractivity contribution is 1.43. The molecule has 2 aromatic carbocycles. The molecule has 2 heterocycles. The van der Waals surface area contributed by atoms with Crippen LogP contribution in [0.3, 0.4) is 0 Å². The highest BCUT2D eigenvalue weighted by molar-refractivity contribution is 5.97. The van der Waals surface area contributed by atoms with Crippen LogP contribution in [0.15, 0.2) is 54.7 Å². The molecule has 0 bridgehead atoms. The molecule has 0 aliphatic heterocycles. The zero-order chi connectivity index (χ0) is 11.9. The monoisotopic (exact) mass is 231 g/mol. The van der Waals surface area contributed by atoms with E-state index in [1.54, 1.807) is 0 Å². The van der Waals surface area contributed by atoms with E-state index in [0.29, 0.717) is 0 Å². The largest absolute Gasteiger partial charge is 0.360 e. The van der Waals surface area contributed by atoms with E-state index in [0.717, 1.165) is 22.1 Å². The molecule has 0 atom stereocenters. The van der Waals surface area contributed by atoms with Gasteiger partial charge in [0.2, 0.25) is 0 Å². The second kappa shape index (κ2) is 3.50. The van der Waals surface area contributed by atoms with Gasteiger partial charge in [-0.1, -0.05) is 36.4 Å². The Balaban J connectivity index is 2.01. The molecule has 0 amide bonds. The van der Waals surface area contributed by atoms with Gasteiger partial charge in [-0.15, -0.1) is 0 Å². The third kappa shape index (κ3) is 1.29. The summed E-state index contributed by atoms with van der Waals surface area (Å²) in [5.41, 5.74) is 4.48. The van der Waals surface area contributed by atoms with Gasteiger partial charge in [-0.3, -0.25) is 0 Å². The Bertz CT molecular complexity index is 803. The minimum Gasteiger partial charge on any atom is -0.360 e. The molecule has 1 radical (unpaired) electrons. The lowest BCUT2D eigenvalue weighted by atomic mass is 10.1. The highest BCUT2D eigenvalue weighted by Gasteiger charge is 2.08. The smallest absolute Gasteiger partial charge is 0.0567 e. The van der Waals surface area contributed by atoms with Crippen LogP contribution < -0.4 is 0 Å². The number of aromatic amines is 2. The van der Waals surface area contributed by atoms with Crippen molar-refractivity contribution in [2.45, 2.75) is 0 Å². The molecule has 0 saturated carbocycles. The molecule has 0 fully saturated rings. The van der Waals surface area contributed by atoms with E-state index in [2.05, 4.69) is 46.4 Å². The fourth-order valence-electron chi connectivity index (χ4n) is 2.41. The standard InChI is InChI=1S/C16H11N2/c1-3-7-14-11(5-1)9-16(18-14)13-10-17-15-8-4-2-6-12(13)15/h1-8,10,17-18H. The van der Waals surface area contributed by atoms with Gasteiger partial charge in [0.15, 0.2) is 0 Å². The van der Waals surface area contributed by atoms with Crippen molar-refractivity contribution in [3.8, 4) is 11.3 Å². The Hall–Kier alpha value is -2.48. The Labute approximate surface area is 104 Å². The second-order valence-corrected chi connectivity index (χ2v) is 4.42. The van der Waals surface area contributed by atoms with Gasteiger partial charge in [-0.2, -0.15) is 0 Å². The summed E-state index contributed by atoms with van der Waals surface area (Å²) in [4.78, 5) is 6.71. The summed E-state index contributed by atoms with van der Waals surface area (Å²) in [5.74, 6) is 0. The lowest BCUT2D eigenvalue weighted by Crippen LogP contribution is -1.73. The van der Waals surface area contributed by atoms with E-state index >= 15 is 0 Å². The van der Waals surface area contributed by atoms with E-state index in [4.69, 9.17) is 0 Å². The zero-order valence-corrected chi connectivity index (χ0v) is 9.70. The number of aromatic nitrogens is 2. The molecule has 0 aliphatic rings. The van der Waals surface area contributed by atoms with Crippen molar-refractivity contribution in [3.05, 3.63) is 60.8 Å². The second-order valence-electron chi connectivity index (χ2n) is 4.42. The Kier molecular flexibility index (Phi) is 1.86. The van der Waals surface area contributed by atoms with Crippen LogP contribution in [-0.2, 0) is 0 Å². The van der Waals surface area contributed by atoms with E-state index in [9.17, 15) is 0 Å². The van der Waals surface area contributed by atoms with Gasteiger partial charge in [-0.05, 0) is 12.1 Å². The SMILES string of the molecule is [c]1c(-c2c[nH]c3ccccc23)[nH]c2ccccc12. The maximum absolute atomic E-state index is 3.41. The first-order chi connectivity index (χ1) is 8.92. The number of para-hydroxylation sites is 2. The molecule has 2 aromatic heterocycles. The molecule has 0 saturated heterocycles. The average Bonchev–Trinajstić information content (AvgIpc) is 3.02. The van der Waals surface area contributed by atoms with Crippen LogP contribution in [0.4, 0.5) is 0 Å².